The Kier molecular flexibility index (Phi) is 13.4. The summed E-state index contributed by atoms with van der Waals surface area (Å²) >= 11 is 5.78. The molecular weight excluding hydrogens is 631 g/mol. The van der Waals surface area contributed by atoms with Gasteiger partial charge >= 0.3 is 7.12 Å². The van der Waals surface area contributed by atoms with Crippen molar-refractivity contribution in [3.05, 3.63) is 126 Å². The van der Waals surface area contributed by atoms with Crippen LogP contribution in [0.2, 0.25) is 5.15 Å². The fourth-order valence-electron chi connectivity index (χ4n) is 5.28. The van der Waals surface area contributed by atoms with Crippen molar-refractivity contribution in [3.63, 3.8) is 0 Å². The SMILES string of the molecule is CC1(C)OB(C2=CC(=O)CCC2)OC1(C)C.CCC(=O)/C=C(\CC)c1cc(-c2ccccc2)ccn1.Clc1cc(-c2ccccc2)ccn1. The summed E-state index contributed by atoms with van der Waals surface area (Å²) in [6, 6.07) is 28.1. The number of nitrogens with zero attached hydrogens (tertiary/aromatic N) is 2. The van der Waals surface area contributed by atoms with Crippen LogP contribution in [0.15, 0.2) is 115 Å². The lowest BCUT2D eigenvalue weighted by atomic mass is 9.72. The van der Waals surface area contributed by atoms with E-state index in [-0.39, 0.29) is 29.9 Å². The molecule has 2 aliphatic rings. The molecule has 3 heterocycles. The summed E-state index contributed by atoms with van der Waals surface area (Å²) < 4.78 is 11.8. The third kappa shape index (κ3) is 10.7. The van der Waals surface area contributed by atoms with Crippen molar-refractivity contribution in [3.8, 4) is 22.3 Å². The average Bonchev–Trinajstić information content (AvgIpc) is 3.34. The van der Waals surface area contributed by atoms with Crippen molar-refractivity contribution in [2.45, 2.75) is 84.8 Å². The van der Waals surface area contributed by atoms with Crippen LogP contribution in [0.3, 0.4) is 0 Å². The molecule has 0 amide bonds. The van der Waals surface area contributed by atoms with E-state index in [2.05, 4.69) is 22.1 Å². The molecule has 0 atom stereocenters. The molecule has 1 aliphatic heterocycles. The predicted octanol–water partition coefficient (Wildman–Crippen LogP) is 10.2. The Hall–Kier alpha value is -4.17. The summed E-state index contributed by atoms with van der Waals surface area (Å²) in [6.07, 6.45) is 10.7. The maximum atomic E-state index is 11.6. The molecule has 2 aromatic carbocycles. The fraction of sp³-hybridized carbons (Fsp3) is 0.317. The first-order chi connectivity index (χ1) is 23.4. The zero-order valence-corrected chi connectivity index (χ0v) is 30.2. The molecule has 4 aromatic rings. The van der Waals surface area contributed by atoms with Crippen LogP contribution in [0.5, 0.6) is 0 Å². The Bertz CT molecular complexity index is 1750. The van der Waals surface area contributed by atoms with Gasteiger partial charge in [-0.15, -0.1) is 0 Å². The third-order valence-electron chi connectivity index (χ3n) is 8.89. The molecule has 1 saturated heterocycles. The molecular formula is C41H46BClN2O4. The van der Waals surface area contributed by atoms with Crippen LogP contribution in [-0.2, 0) is 18.9 Å². The maximum absolute atomic E-state index is 11.6. The van der Waals surface area contributed by atoms with Crippen LogP contribution in [0, 0.1) is 0 Å². The van der Waals surface area contributed by atoms with Crippen LogP contribution in [0.4, 0.5) is 0 Å². The van der Waals surface area contributed by atoms with Gasteiger partial charge in [0.15, 0.2) is 11.6 Å². The molecule has 0 bridgehead atoms. The Morgan fingerprint density at radius 1 is 0.776 bits per heavy atom. The van der Waals surface area contributed by atoms with Gasteiger partial charge in [-0.25, -0.2) is 4.98 Å². The summed E-state index contributed by atoms with van der Waals surface area (Å²) in [7, 11) is -0.339. The first-order valence-corrected chi connectivity index (χ1v) is 17.3. The highest BCUT2D eigenvalue weighted by Gasteiger charge is 2.52. The van der Waals surface area contributed by atoms with Gasteiger partial charge in [0, 0.05) is 25.2 Å². The van der Waals surface area contributed by atoms with E-state index in [1.54, 1.807) is 24.5 Å². The van der Waals surface area contributed by atoms with E-state index >= 15 is 0 Å². The highest BCUT2D eigenvalue weighted by molar-refractivity contribution is 6.55. The van der Waals surface area contributed by atoms with Crippen LogP contribution >= 0.6 is 11.6 Å². The van der Waals surface area contributed by atoms with E-state index in [1.807, 2.05) is 114 Å². The van der Waals surface area contributed by atoms with Gasteiger partial charge in [0.2, 0.25) is 0 Å². The Balaban J connectivity index is 0.000000169. The minimum Gasteiger partial charge on any atom is -0.400 e. The van der Waals surface area contributed by atoms with Crippen LogP contribution in [-0.4, -0.2) is 39.9 Å². The van der Waals surface area contributed by atoms with Crippen molar-refractivity contribution in [2.75, 3.05) is 0 Å². The summed E-state index contributed by atoms with van der Waals surface area (Å²) in [5.41, 5.74) is 6.78. The Morgan fingerprint density at radius 2 is 1.33 bits per heavy atom. The number of pyridine rings is 2. The number of ketones is 2. The number of halogens is 1. The van der Waals surface area contributed by atoms with Crippen LogP contribution in [0.1, 0.15) is 79.3 Å². The van der Waals surface area contributed by atoms with Crippen molar-refractivity contribution < 1.29 is 18.9 Å². The number of allylic oxidation sites excluding steroid dienone is 4. The number of benzene rings is 2. The van der Waals surface area contributed by atoms with Gasteiger partial charge in [0.05, 0.1) is 16.9 Å². The van der Waals surface area contributed by atoms with E-state index in [0.29, 0.717) is 18.0 Å². The minimum absolute atomic E-state index is 0.147. The second kappa shape index (κ2) is 17.5. The molecule has 1 fully saturated rings. The molecule has 0 unspecified atom stereocenters. The standard InChI is InChI=1S/C18H19NO.C12H19BO3.C11H8ClN/c1-3-14(12-17(20)4-2)18-13-16(10-11-19-18)15-8-6-5-7-9-15;1-11(2)12(3,4)16-13(15-11)9-6-5-7-10(14)8-9;12-11-8-10(6-7-13-11)9-4-2-1-3-5-9/h5-13H,3-4H2,1-2H3;8H,5-7H2,1-4H3;1-8H/b14-12+;;. The van der Waals surface area contributed by atoms with Gasteiger partial charge < -0.3 is 9.31 Å². The van der Waals surface area contributed by atoms with Gasteiger partial charge in [-0.2, -0.15) is 0 Å². The molecule has 0 spiro atoms. The lowest BCUT2D eigenvalue weighted by Crippen LogP contribution is -2.41. The number of carbonyl (C=O) groups excluding carboxylic acids is 2. The molecule has 1 aliphatic carbocycles. The van der Waals surface area contributed by atoms with E-state index in [0.717, 1.165) is 58.3 Å². The first kappa shape index (κ1) is 37.7. The van der Waals surface area contributed by atoms with Gasteiger partial charge in [0.25, 0.3) is 0 Å². The fourth-order valence-corrected chi connectivity index (χ4v) is 5.45. The van der Waals surface area contributed by atoms with Crippen molar-refractivity contribution in [1.29, 1.82) is 0 Å². The van der Waals surface area contributed by atoms with Crippen molar-refractivity contribution in [2.24, 2.45) is 0 Å². The average molecular weight is 677 g/mol. The molecule has 2 aromatic heterocycles. The minimum atomic E-state index is -0.339. The molecule has 49 heavy (non-hydrogen) atoms. The summed E-state index contributed by atoms with van der Waals surface area (Å²) in [5, 5.41) is 0.529. The normalized spacial score (nSPS) is 16.5. The topological polar surface area (TPSA) is 78.4 Å². The molecule has 0 saturated carbocycles. The lowest BCUT2D eigenvalue weighted by Gasteiger charge is -2.32. The molecule has 254 valence electrons. The molecule has 6 nitrogen and oxygen atoms in total. The number of hydrogen-bond acceptors (Lipinski definition) is 6. The number of hydrogen-bond donors (Lipinski definition) is 0. The van der Waals surface area contributed by atoms with Gasteiger partial charge in [-0.3, -0.25) is 14.6 Å². The molecule has 8 heteroatoms. The molecule has 6 rings (SSSR count). The Morgan fingerprint density at radius 3 is 1.84 bits per heavy atom. The Labute approximate surface area is 296 Å². The smallest absolute Gasteiger partial charge is 0.400 e. The van der Waals surface area contributed by atoms with Crippen LogP contribution in [0.25, 0.3) is 27.8 Å². The largest absolute Gasteiger partial charge is 0.490 e. The van der Waals surface area contributed by atoms with E-state index in [1.165, 1.54) is 0 Å². The molecule has 0 N–H and O–H groups in total. The second-order valence-electron chi connectivity index (χ2n) is 13.0. The lowest BCUT2D eigenvalue weighted by molar-refractivity contribution is -0.115. The van der Waals surface area contributed by atoms with E-state index in [9.17, 15) is 9.59 Å². The van der Waals surface area contributed by atoms with Gasteiger partial charge in [-0.05, 0) is 117 Å². The quantitative estimate of drug-likeness (QED) is 0.110. The van der Waals surface area contributed by atoms with Gasteiger partial charge in [0.1, 0.15) is 5.15 Å². The second-order valence-corrected chi connectivity index (χ2v) is 13.4. The van der Waals surface area contributed by atoms with Crippen molar-refractivity contribution >= 4 is 35.9 Å². The first-order valence-electron chi connectivity index (χ1n) is 16.9. The van der Waals surface area contributed by atoms with Crippen LogP contribution < -0.4 is 0 Å². The zero-order chi connectivity index (χ0) is 35.4. The number of carbonyl (C=O) groups is 2. The highest BCUT2D eigenvalue weighted by Crippen LogP contribution is 2.39. The summed E-state index contributed by atoms with van der Waals surface area (Å²) in [4.78, 5) is 31.3. The van der Waals surface area contributed by atoms with Crippen molar-refractivity contribution in [1.82, 2.24) is 9.97 Å². The van der Waals surface area contributed by atoms with Gasteiger partial charge in [-0.1, -0.05) is 86.1 Å². The number of aromatic nitrogens is 2. The summed E-state index contributed by atoms with van der Waals surface area (Å²) in [5.74, 6) is 0.338. The molecule has 0 radical (unpaired) electrons. The maximum Gasteiger partial charge on any atom is 0.490 e. The zero-order valence-electron chi connectivity index (χ0n) is 29.4. The van der Waals surface area contributed by atoms with E-state index < -0.39 is 0 Å². The highest BCUT2D eigenvalue weighted by atomic mass is 35.5. The third-order valence-corrected chi connectivity index (χ3v) is 9.09. The predicted molar refractivity (Wildman–Crippen MR) is 201 cm³/mol. The summed E-state index contributed by atoms with van der Waals surface area (Å²) in [6.45, 7) is 12.0. The van der Waals surface area contributed by atoms with E-state index in [4.69, 9.17) is 20.9 Å². The number of rotatable bonds is 7. The monoisotopic (exact) mass is 676 g/mol.